The predicted octanol–water partition coefficient (Wildman–Crippen LogP) is 2.10. The third kappa shape index (κ3) is 3.04. The standard InChI is InChI=1S/C13H13N3O2/c1-9-3-2-4-10(5-9)6-15-12-8-14-11(7-16-12)13(17)18/h2-5,7-8H,6H2,1H3,(H,15,16)(H,17,18). The van der Waals surface area contributed by atoms with Crippen molar-refractivity contribution in [2.24, 2.45) is 0 Å². The molecule has 0 bridgehead atoms. The first-order valence-corrected chi connectivity index (χ1v) is 5.50. The molecule has 0 radical (unpaired) electrons. The number of hydrogen-bond donors (Lipinski definition) is 2. The van der Waals surface area contributed by atoms with Crippen LogP contribution in [0.3, 0.4) is 0 Å². The van der Waals surface area contributed by atoms with Crippen LogP contribution in [0, 0.1) is 6.92 Å². The summed E-state index contributed by atoms with van der Waals surface area (Å²) in [6.45, 7) is 2.66. The first-order valence-electron chi connectivity index (χ1n) is 5.50. The summed E-state index contributed by atoms with van der Waals surface area (Å²) >= 11 is 0. The van der Waals surface area contributed by atoms with Gasteiger partial charge < -0.3 is 10.4 Å². The lowest BCUT2D eigenvalue weighted by Crippen LogP contribution is -2.05. The van der Waals surface area contributed by atoms with Crippen molar-refractivity contribution in [1.82, 2.24) is 9.97 Å². The molecule has 92 valence electrons. The van der Waals surface area contributed by atoms with Gasteiger partial charge in [-0.05, 0) is 12.5 Å². The van der Waals surface area contributed by atoms with Crippen LogP contribution in [0.25, 0.3) is 0 Å². The van der Waals surface area contributed by atoms with Crippen molar-refractivity contribution in [3.8, 4) is 0 Å². The van der Waals surface area contributed by atoms with Gasteiger partial charge in [-0.25, -0.2) is 14.8 Å². The average Bonchev–Trinajstić information content (AvgIpc) is 2.37. The molecule has 0 saturated carbocycles. The molecule has 1 heterocycles. The first-order chi connectivity index (χ1) is 8.65. The van der Waals surface area contributed by atoms with Crippen LogP contribution in [0.2, 0.25) is 0 Å². The molecular weight excluding hydrogens is 230 g/mol. The van der Waals surface area contributed by atoms with Gasteiger partial charge in [0.1, 0.15) is 5.82 Å². The molecule has 2 rings (SSSR count). The highest BCUT2D eigenvalue weighted by atomic mass is 16.4. The Kier molecular flexibility index (Phi) is 3.52. The van der Waals surface area contributed by atoms with Gasteiger partial charge >= 0.3 is 5.97 Å². The Labute approximate surface area is 105 Å². The van der Waals surface area contributed by atoms with E-state index in [-0.39, 0.29) is 5.69 Å². The number of rotatable bonds is 4. The van der Waals surface area contributed by atoms with Crippen molar-refractivity contribution in [2.45, 2.75) is 13.5 Å². The Morgan fingerprint density at radius 3 is 2.78 bits per heavy atom. The number of nitrogens with one attached hydrogen (secondary N) is 1. The first kappa shape index (κ1) is 12.0. The number of carbonyl (C=O) groups is 1. The van der Waals surface area contributed by atoms with E-state index in [9.17, 15) is 4.79 Å². The maximum absolute atomic E-state index is 10.6. The van der Waals surface area contributed by atoms with Crippen molar-refractivity contribution in [2.75, 3.05) is 5.32 Å². The zero-order valence-electron chi connectivity index (χ0n) is 9.92. The van der Waals surface area contributed by atoms with Gasteiger partial charge in [0.25, 0.3) is 0 Å². The summed E-state index contributed by atoms with van der Waals surface area (Å²) < 4.78 is 0. The fourth-order valence-electron chi connectivity index (χ4n) is 1.54. The molecule has 0 spiro atoms. The minimum Gasteiger partial charge on any atom is -0.476 e. The summed E-state index contributed by atoms with van der Waals surface area (Å²) in [6, 6.07) is 8.11. The number of aromatic carboxylic acids is 1. The second kappa shape index (κ2) is 5.27. The summed E-state index contributed by atoms with van der Waals surface area (Å²) in [6.07, 6.45) is 2.65. The highest BCUT2D eigenvalue weighted by molar-refractivity contribution is 5.84. The topological polar surface area (TPSA) is 75.1 Å². The fourth-order valence-corrected chi connectivity index (χ4v) is 1.54. The molecule has 0 atom stereocenters. The van der Waals surface area contributed by atoms with Gasteiger partial charge in [-0.2, -0.15) is 0 Å². The quantitative estimate of drug-likeness (QED) is 0.860. The number of carboxylic acid groups (broad SMARTS) is 1. The zero-order chi connectivity index (χ0) is 13.0. The van der Waals surface area contributed by atoms with E-state index in [0.717, 1.165) is 5.56 Å². The lowest BCUT2D eigenvalue weighted by Gasteiger charge is -2.06. The number of anilines is 1. The molecule has 2 N–H and O–H groups in total. The van der Waals surface area contributed by atoms with Crippen molar-refractivity contribution < 1.29 is 9.90 Å². The average molecular weight is 243 g/mol. The number of benzene rings is 1. The second-order valence-electron chi connectivity index (χ2n) is 3.93. The maximum atomic E-state index is 10.6. The van der Waals surface area contributed by atoms with Gasteiger partial charge in [0, 0.05) is 6.54 Å². The SMILES string of the molecule is Cc1cccc(CNc2cnc(C(=O)O)cn2)c1. The largest absolute Gasteiger partial charge is 0.476 e. The van der Waals surface area contributed by atoms with Gasteiger partial charge in [-0.1, -0.05) is 29.8 Å². The van der Waals surface area contributed by atoms with E-state index < -0.39 is 5.97 Å². The predicted molar refractivity (Wildman–Crippen MR) is 67.5 cm³/mol. The summed E-state index contributed by atoms with van der Waals surface area (Å²) in [7, 11) is 0. The lowest BCUT2D eigenvalue weighted by atomic mass is 10.1. The van der Waals surface area contributed by atoms with E-state index in [2.05, 4.69) is 21.4 Å². The van der Waals surface area contributed by atoms with E-state index in [1.165, 1.54) is 18.0 Å². The monoisotopic (exact) mass is 243 g/mol. The second-order valence-corrected chi connectivity index (χ2v) is 3.93. The van der Waals surface area contributed by atoms with E-state index >= 15 is 0 Å². The van der Waals surface area contributed by atoms with Crippen molar-refractivity contribution in [3.63, 3.8) is 0 Å². The Balaban J connectivity index is 2.00. The van der Waals surface area contributed by atoms with Gasteiger partial charge in [0.15, 0.2) is 5.69 Å². The van der Waals surface area contributed by atoms with Gasteiger partial charge in [-0.15, -0.1) is 0 Å². The molecule has 0 amide bonds. The van der Waals surface area contributed by atoms with Crippen LogP contribution >= 0.6 is 0 Å². The van der Waals surface area contributed by atoms with Crippen LogP contribution in [-0.2, 0) is 6.54 Å². The lowest BCUT2D eigenvalue weighted by molar-refractivity contribution is 0.0690. The van der Waals surface area contributed by atoms with Gasteiger partial charge in [0.05, 0.1) is 12.4 Å². The molecule has 1 aromatic carbocycles. The molecular formula is C13H13N3O2. The van der Waals surface area contributed by atoms with E-state index in [1.807, 2.05) is 25.1 Å². The van der Waals surface area contributed by atoms with Crippen molar-refractivity contribution in [3.05, 3.63) is 53.5 Å². The Bertz CT molecular complexity index is 552. The molecule has 0 unspecified atom stereocenters. The van der Waals surface area contributed by atoms with E-state index in [0.29, 0.717) is 12.4 Å². The Hall–Kier alpha value is -2.43. The van der Waals surface area contributed by atoms with Crippen LogP contribution in [-0.4, -0.2) is 21.0 Å². The molecule has 0 fully saturated rings. The summed E-state index contributed by atoms with van der Waals surface area (Å²) in [5.74, 6) is -0.519. The molecule has 0 aliphatic rings. The molecule has 0 aliphatic heterocycles. The third-order valence-corrected chi connectivity index (χ3v) is 2.43. The molecule has 1 aromatic heterocycles. The van der Waals surface area contributed by atoms with E-state index in [1.54, 1.807) is 0 Å². The summed E-state index contributed by atoms with van der Waals surface area (Å²) in [5.41, 5.74) is 2.27. The number of aryl methyl sites for hydroxylation is 1. The number of carboxylic acids is 1. The molecule has 0 saturated heterocycles. The Morgan fingerprint density at radius 1 is 1.33 bits per heavy atom. The summed E-state index contributed by atoms with van der Waals surface area (Å²) in [4.78, 5) is 18.4. The third-order valence-electron chi connectivity index (χ3n) is 2.43. The van der Waals surface area contributed by atoms with Crippen molar-refractivity contribution >= 4 is 11.8 Å². The molecule has 5 heteroatoms. The fraction of sp³-hybridized carbons (Fsp3) is 0.154. The molecule has 18 heavy (non-hydrogen) atoms. The number of hydrogen-bond acceptors (Lipinski definition) is 4. The van der Waals surface area contributed by atoms with Crippen LogP contribution < -0.4 is 5.32 Å². The van der Waals surface area contributed by atoms with Crippen LogP contribution in [0.1, 0.15) is 21.6 Å². The van der Waals surface area contributed by atoms with Gasteiger partial charge in [0.2, 0.25) is 0 Å². The Morgan fingerprint density at radius 2 is 2.17 bits per heavy atom. The normalized spacial score (nSPS) is 10.1. The summed E-state index contributed by atoms with van der Waals surface area (Å²) in [5, 5.41) is 11.8. The van der Waals surface area contributed by atoms with Gasteiger partial charge in [-0.3, -0.25) is 0 Å². The van der Waals surface area contributed by atoms with E-state index in [4.69, 9.17) is 5.11 Å². The maximum Gasteiger partial charge on any atom is 0.356 e. The van der Waals surface area contributed by atoms with Crippen LogP contribution in [0.5, 0.6) is 0 Å². The van der Waals surface area contributed by atoms with Crippen molar-refractivity contribution in [1.29, 1.82) is 0 Å². The smallest absolute Gasteiger partial charge is 0.356 e. The molecule has 5 nitrogen and oxygen atoms in total. The highest BCUT2D eigenvalue weighted by Crippen LogP contribution is 2.07. The zero-order valence-corrected chi connectivity index (χ0v) is 9.92. The van der Waals surface area contributed by atoms with Crippen LogP contribution in [0.15, 0.2) is 36.7 Å². The minimum absolute atomic E-state index is 0.0592. The minimum atomic E-state index is -1.08. The van der Waals surface area contributed by atoms with Crippen LogP contribution in [0.4, 0.5) is 5.82 Å². The number of aromatic nitrogens is 2. The number of nitrogens with zero attached hydrogens (tertiary/aromatic N) is 2. The highest BCUT2D eigenvalue weighted by Gasteiger charge is 2.04. The molecule has 2 aromatic rings. The molecule has 0 aliphatic carbocycles.